The highest BCUT2D eigenvalue weighted by Crippen LogP contribution is 2.22. The van der Waals surface area contributed by atoms with Gasteiger partial charge in [0.1, 0.15) is 0 Å². The van der Waals surface area contributed by atoms with E-state index in [4.69, 9.17) is 13.3 Å². The van der Waals surface area contributed by atoms with Gasteiger partial charge in [-0.1, -0.05) is 39.5 Å². The topological polar surface area (TPSA) is 27.7 Å². The van der Waals surface area contributed by atoms with Crippen LogP contribution < -0.4 is 0 Å². The summed E-state index contributed by atoms with van der Waals surface area (Å²) in [5, 5.41) is 0. The van der Waals surface area contributed by atoms with Crippen LogP contribution in [0, 0.1) is 5.92 Å². The fraction of sp³-hybridized carbons (Fsp3) is 1.00. The highest BCUT2D eigenvalue weighted by atomic mass is 28.4. The Bertz CT molecular complexity index is 152. The van der Waals surface area contributed by atoms with Crippen molar-refractivity contribution in [2.45, 2.75) is 52.0 Å². The van der Waals surface area contributed by atoms with Gasteiger partial charge in [0.25, 0.3) is 0 Å². The van der Waals surface area contributed by atoms with E-state index in [2.05, 4.69) is 13.8 Å². The lowest BCUT2D eigenvalue weighted by molar-refractivity contribution is 0.122. The molecule has 0 bridgehead atoms. The van der Waals surface area contributed by atoms with Gasteiger partial charge < -0.3 is 13.3 Å². The minimum atomic E-state index is -2.32. The van der Waals surface area contributed by atoms with Crippen LogP contribution >= 0.6 is 0 Å². The van der Waals surface area contributed by atoms with E-state index in [1.165, 1.54) is 25.7 Å². The smallest absolute Gasteiger partial charge is 0.377 e. The summed E-state index contributed by atoms with van der Waals surface area (Å²) in [5.41, 5.74) is 0. The Labute approximate surface area is 102 Å². The molecule has 0 aromatic rings. The largest absolute Gasteiger partial charge is 0.500 e. The van der Waals surface area contributed by atoms with E-state index in [9.17, 15) is 0 Å². The zero-order valence-electron chi connectivity index (χ0n) is 11.5. The number of rotatable bonds is 10. The molecule has 16 heavy (non-hydrogen) atoms. The van der Waals surface area contributed by atoms with Gasteiger partial charge in [0.15, 0.2) is 0 Å². The Morgan fingerprint density at radius 3 is 1.88 bits per heavy atom. The van der Waals surface area contributed by atoms with Gasteiger partial charge >= 0.3 is 8.80 Å². The maximum absolute atomic E-state index is 5.41. The summed E-state index contributed by atoms with van der Waals surface area (Å²) in [7, 11) is 2.73. The fourth-order valence-electron chi connectivity index (χ4n) is 2.12. The Kier molecular flexibility index (Phi) is 9.22. The first kappa shape index (κ1) is 16.1. The lowest BCUT2D eigenvalue weighted by Gasteiger charge is -2.25. The lowest BCUT2D eigenvalue weighted by Crippen LogP contribution is -2.42. The molecular weight excluding hydrogens is 220 g/mol. The molecule has 0 spiro atoms. The predicted octanol–water partition coefficient (Wildman–Crippen LogP) is 3.47. The molecule has 0 aromatic carbocycles. The molecule has 1 unspecified atom stereocenters. The predicted molar refractivity (Wildman–Crippen MR) is 69.5 cm³/mol. The van der Waals surface area contributed by atoms with Crippen molar-refractivity contribution < 1.29 is 13.3 Å². The van der Waals surface area contributed by atoms with E-state index in [0.29, 0.717) is 0 Å². The van der Waals surface area contributed by atoms with E-state index in [1.807, 2.05) is 0 Å². The van der Waals surface area contributed by atoms with Crippen LogP contribution in [0.15, 0.2) is 0 Å². The fourth-order valence-corrected chi connectivity index (χ4v) is 3.87. The van der Waals surface area contributed by atoms with E-state index < -0.39 is 8.80 Å². The molecular formula is C12H28O3Si. The van der Waals surface area contributed by atoms with E-state index in [-0.39, 0.29) is 0 Å². The van der Waals surface area contributed by atoms with Crippen molar-refractivity contribution in [3.05, 3.63) is 0 Å². The first-order chi connectivity index (χ1) is 7.67. The summed E-state index contributed by atoms with van der Waals surface area (Å²) in [6.07, 6.45) is 6.28. The molecule has 4 heteroatoms. The van der Waals surface area contributed by atoms with Gasteiger partial charge in [0.2, 0.25) is 0 Å². The van der Waals surface area contributed by atoms with Crippen LogP contribution in [0.2, 0.25) is 6.04 Å². The van der Waals surface area contributed by atoms with Crippen molar-refractivity contribution in [2.24, 2.45) is 5.92 Å². The summed E-state index contributed by atoms with van der Waals surface area (Å²) >= 11 is 0. The summed E-state index contributed by atoms with van der Waals surface area (Å²) in [6.45, 7) is 4.52. The Morgan fingerprint density at radius 2 is 1.50 bits per heavy atom. The van der Waals surface area contributed by atoms with Crippen molar-refractivity contribution in [1.29, 1.82) is 0 Å². The van der Waals surface area contributed by atoms with Crippen LogP contribution in [-0.2, 0) is 13.3 Å². The van der Waals surface area contributed by atoms with Crippen molar-refractivity contribution in [2.75, 3.05) is 21.3 Å². The molecule has 98 valence electrons. The third kappa shape index (κ3) is 5.43. The molecule has 0 aromatic heterocycles. The third-order valence-corrected chi connectivity index (χ3v) is 6.13. The molecule has 1 atom stereocenters. The van der Waals surface area contributed by atoms with Crippen LogP contribution in [-0.4, -0.2) is 30.1 Å². The van der Waals surface area contributed by atoms with Crippen molar-refractivity contribution in [1.82, 2.24) is 0 Å². The molecule has 0 aliphatic heterocycles. The molecule has 0 radical (unpaired) electrons. The molecule has 0 saturated heterocycles. The monoisotopic (exact) mass is 248 g/mol. The number of hydrogen-bond acceptors (Lipinski definition) is 3. The second-order valence-electron chi connectivity index (χ2n) is 4.25. The summed E-state index contributed by atoms with van der Waals surface area (Å²) in [6, 6.07) is 0.927. The zero-order valence-corrected chi connectivity index (χ0v) is 12.5. The van der Waals surface area contributed by atoms with Gasteiger partial charge in [-0.15, -0.1) is 0 Å². The molecule has 0 amide bonds. The Hall–Kier alpha value is 0.0969. The molecule has 0 fully saturated rings. The Balaban J connectivity index is 3.92. The highest BCUT2D eigenvalue weighted by Gasteiger charge is 2.36. The minimum absolute atomic E-state index is 0.849. The zero-order chi connectivity index (χ0) is 12.4. The molecule has 0 aliphatic rings. The van der Waals surface area contributed by atoms with Crippen molar-refractivity contribution in [3.8, 4) is 0 Å². The van der Waals surface area contributed by atoms with E-state index >= 15 is 0 Å². The summed E-state index contributed by atoms with van der Waals surface area (Å²) in [5.74, 6) is 0.849. The highest BCUT2D eigenvalue weighted by molar-refractivity contribution is 6.60. The van der Waals surface area contributed by atoms with E-state index in [0.717, 1.165) is 18.4 Å². The second kappa shape index (κ2) is 9.16. The first-order valence-corrected chi connectivity index (χ1v) is 8.26. The van der Waals surface area contributed by atoms with Crippen LogP contribution in [0.4, 0.5) is 0 Å². The van der Waals surface area contributed by atoms with Crippen LogP contribution in [0.5, 0.6) is 0 Å². The maximum atomic E-state index is 5.41. The SMILES string of the molecule is CCCC(CC)CCC[Si](OC)(OC)OC. The van der Waals surface area contributed by atoms with E-state index in [1.54, 1.807) is 21.3 Å². The van der Waals surface area contributed by atoms with Crippen LogP contribution in [0.1, 0.15) is 46.0 Å². The molecule has 0 aliphatic carbocycles. The van der Waals surface area contributed by atoms with Gasteiger partial charge in [0.05, 0.1) is 0 Å². The summed E-state index contributed by atoms with van der Waals surface area (Å²) < 4.78 is 16.2. The van der Waals surface area contributed by atoms with Crippen LogP contribution in [0.3, 0.4) is 0 Å². The van der Waals surface area contributed by atoms with Gasteiger partial charge in [-0.2, -0.15) is 0 Å². The van der Waals surface area contributed by atoms with Crippen molar-refractivity contribution in [3.63, 3.8) is 0 Å². The van der Waals surface area contributed by atoms with Gasteiger partial charge in [-0.3, -0.25) is 0 Å². The third-order valence-electron chi connectivity index (χ3n) is 3.30. The van der Waals surface area contributed by atoms with Gasteiger partial charge in [-0.05, 0) is 12.3 Å². The average Bonchev–Trinajstić information content (AvgIpc) is 2.34. The van der Waals surface area contributed by atoms with Gasteiger partial charge in [0, 0.05) is 27.4 Å². The Morgan fingerprint density at radius 1 is 0.938 bits per heavy atom. The molecule has 0 heterocycles. The number of hydrogen-bond donors (Lipinski definition) is 0. The molecule has 3 nitrogen and oxygen atoms in total. The van der Waals surface area contributed by atoms with Crippen LogP contribution in [0.25, 0.3) is 0 Å². The quantitative estimate of drug-likeness (QED) is 0.554. The minimum Gasteiger partial charge on any atom is -0.377 e. The second-order valence-corrected chi connectivity index (χ2v) is 7.34. The maximum Gasteiger partial charge on any atom is 0.500 e. The normalized spacial score (nSPS) is 14.1. The standard InChI is InChI=1S/C12H28O3Si/c1-6-9-12(7-2)10-8-11-16(13-3,14-4)15-5/h12H,6-11H2,1-5H3. The molecule has 0 saturated carbocycles. The first-order valence-electron chi connectivity index (χ1n) is 6.33. The average molecular weight is 248 g/mol. The lowest BCUT2D eigenvalue weighted by atomic mass is 9.96. The molecule has 0 N–H and O–H groups in total. The molecule has 0 rings (SSSR count). The summed E-state index contributed by atoms with van der Waals surface area (Å²) in [4.78, 5) is 0. The van der Waals surface area contributed by atoms with Crippen molar-refractivity contribution >= 4 is 8.80 Å². The van der Waals surface area contributed by atoms with Gasteiger partial charge in [-0.25, -0.2) is 0 Å².